The fourth-order valence-electron chi connectivity index (χ4n) is 3.90. The molecule has 0 aromatic carbocycles. The van der Waals surface area contributed by atoms with Crippen molar-refractivity contribution < 1.29 is 0 Å². The molecule has 2 fully saturated rings. The molecular weight excluding hydrogens is 208 g/mol. The summed E-state index contributed by atoms with van der Waals surface area (Å²) in [5.74, 6) is 0. The normalized spacial score (nSPS) is 28.9. The van der Waals surface area contributed by atoms with Gasteiger partial charge in [0.15, 0.2) is 0 Å². The number of rotatable bonds is 6. The number of hydrogen-bond donors (Lipinski definition) is 1. The summed E-state index contributed by atoms with van der Waals surface area (Å²) in [6.07, 6.45) is 10.0. The van der Waals surface area contributed by atoms with Crippen LogP contribution in [-0.4, -0.2) is 37.1 Å². The lowest BCUT2D eigenvalue weighted by molar-refractivity contribution is 0.136. The molecule has 1 aliphatic carbocycles. The smallest absolute Gasteiger partial charge is 0.00933 e. The number of likely N-dealkylation sites (tertiary alicyclic amines) is 1. The van der Waals surface area contributed by atoms with E-state index in [0.29, 0.717) is 5.41 Å². The monoisotopic (exact) mass is 238 g/mol. The average Bonchev–Trinajstić information content (AvgIpc) is 2.97. The molecule has 0 amide bonds. The van der Waals surface area contributed by atoms with E-state index >= 15 is 0 Å². The second-order valence-corrected chi connectivity index (χ2v) is 6.16. The van der Waals surface area contributed by atoms with Crippen molar-refractivity contribution in [1.29, 1.82) is 0 Å². The molecule has 1 unspecified atom stereocenters. The van der Waals surface area contributed by atoms with Crippen molar-refractivity contribution in [3.05, 3.63) is 0 Å². The summed E-state index contributed by atoms with van der Waals surface area (Å²) >= 11 is 0. The molecule has 1 saturated carbocycles. The second-order valence-electron chi connectivity index (χ2n) is 6.16. The molecule has 1 N–H and O–H groups in total. The van der Waals surface area contributed by atoms with Crippen molar-refractivity contribution in [2.75, 3.05) is 26.2 Å². The van der Waals surface area contributed by atoms with Crippen LogP contribution < -0.4 is 5.32 Å². The van der Waals surface area contributed by atoms with Gasteiger partial charge in [-0.25, -0.2) is 0 Å². The zero-order valence-electron chi connectivity index (χ0n) is 11.8. The summed E-state index contributed by atoms with van der Waals surface area (Å²) in [6, 6.07) is 0.883. The summed E-state index contributed by atoms with van der Waals surface area (Å²) in [5, 5.41) is 3.61. The van der Waals surface area contributed by atoms with Gasteiger partial charge in [0.2, 0.25) is 0 Å². The van der Waals surface area contributed by atoms with E-state index in [2.05, 4.69) is 24.1 Å². The van der Waals surface area contributed by atoms with Crippen molar-refractivity contribution in [2.24, 2.45) is 5.41 Å². The first-order valence-corrected chi connectivity index (χ1v) is 7.74. The van der Waals surface area contributed by atoms with Gasteiger partial charge in [0, 0.05) is 19.1 Å². The Bertz CT molecular complexity index is 221. The minimum absolute atomic E-state index is 0.605. The van der Waals surface area contributed by atoms with E-state index in [1.807, 2.05) is 0 Å². The van der Waals surface area contributed by atoms with Gasteiger partial charge in [-0.1, -0.05) is 26.7 Å². The number of nitrogens with zero attached hydrogens (tertiary/aromatic N) is 1. The molecule has 2 heteroatoms. The van der Waals surface area contributed by atoms with Gasteiger partial charge in [0.25, 0.3) is 0 Å². The van der Waals surface area contributed by atoms with Crippen LogP contribution in [0.15, 0.2) is 0 Å². The molecule has 0 aromatic heterocycles. The van der Waals surface area contributed by atoms with E-state index in [4.69, 9.17) is 0 Å². The highest BCUT2D eigenvalue weighted by Crippen LogP contribution is 2.39. The molecule has 1 heterocycles. The fraction of sp³-hybridized carbons (Fsp3) is 1.00. The fourth-order valence-corrected chi connectivity index (χ4v) is 3.90. The van der Waals surface area contributed by atoms with E-state index in [1.54, 1.807) is 0 Å². The third-order valence-electron chi connectivity index (χ3n) is 4.92. The minimum atomic E-state index is 0.605. The van der Waals surface area contributed by atoms with Gasteiger partial charge >= 0.3 is 0 Å². The Morgan fingerprint density at radius 3 is 2.59 bits per heavy atom. The Morgan fingerprint density at radius 2 is 1.94 bits per heavy atom. The lowest BCUT2D eigenvalue weighted by Crippen LogP contribution is -2.44. The lowest BCUT2D eigenvalue weighted by Gasteiger charge is -2.36. The SMILES string of the molecule is CCNCC1(CN2CCCC2CC)CCCC1. The summed E-state index contributed by atoms with van der Waals surface area (Å²) in [7, 11) is 0. The molecule has 1 saturated heterocycles. The zero-order valence-corrected chi connectivity index (χ0v) is 11.8. The van der Waals surface area contributed by atoms with E-state index < -0.39 is 0 Å². The summed E-state index contributed by atoms with van der Waals surface area (Å²) in [5.41, 5.74) is 0.605. The molecule has 1 aliphatic heterocycles. The van der Waals surface area contributed by atoms with E-state index in [-0.39, 0.29) is 0 Å². The van der Waals surface area contributed by atoms with E-state index in [1.165, 1.54) is 64.6 Å². The molecule has 100 valence electrons. The third kappa shape index (κ3) is 3.23. The number of nitrogens with one attached hydrogen (secondary N) is 1. The maximum absolute atomic E-state index is 3.61. The molecule has 2 aliphatic rings. The Labute approximate surface area is 107 Å². The zero-order chi connectivity index (χ0) is 12.1. The van der Waals surface area contributed by atoms with Crippen LogP contribution in [0, 0.1) is 5.41 Å². The van der Waals surface area contributed by atoms with Crippen LogP contribution >= 0.6 is 0 Å². The predicted octanol–water partition coefficient (Wildman–Crippen LogP) is 3.03. The van der Waals surface area contributed by atoms with Gasteiger partial charge in [-0.15, -0.1) is 0 Å². The topological polar surface area (TPSA) is 15.3 Å². The van der Waals surface area contributed by atoms with Crippen LogP contribution in [0.2, 0.25) is 0 Å². The average molecular weight is 238 g/mol. The molecule has 0 bridgehead atoms. The van der Waals surface area contributed by atoms with Crippen molar-refractivity contribution in [1.82, 2.24) is 10.2 Å². The van der Waals surface area contributed by atoms with Gasteiger partial charge in [-0.3, -0.25) is 4.90 Å². The van der Waals surface area contributed by atoms with Gasteiger partial charge in [-0.05, 0) is 50.6 Å². The van der Waals surface area contributed by atoms with Crippen LogP contribution in [0.5, 0.6) is 0 Å². The standard InChI is InChI=1S/C15H30N2/c1-3-14-8-7-11-17(14)13-15(12-16-4-2)9-5-6-10-15/h14,16H,3-13H2,1-2H3. The first-order chi connectivity index (χ1) is 8.29. The minimum Gasteiger partial charge on any atom is -0.316 e. The maximum Gasteiger partial charge on any atom is 0.00933 e. The Hall–Kier alpha value is -0.0800. The molecule has 0 spiro atoms. The van der Waals surface area contributed by atoms with Crippen LogP contribution in [0.3, 0.4) is 0 Å². The first kappa shape index (κ1) is 13.4. The van der Waals surface area contributed by atoms with Gasteiger partial charge < -0.3 is 5.32 Å². The molecule has 0 radical (unpaired) electrons. The quantitative estimate of drug-likeness (QED) is 0.765. The highest BCUT2D eigenvalue weighted by atomic mass is 15.2. The largest absolute Gasteiger partial charge is 0.316 e. The van der Waals surface area contributed by atoms with Crippen LogP contribution in [0.25, 0.3) is 0 Å². The molecule has 2 rings (SSSR count). The van der Waals surface area contributed by atoms with Crippen LogP contribution in [0.1, 0.15) is 58.8 Å². The molecule has 2 nitrogen and oxygen atoms in total. The summed E-state index contributed by atoms with van der Waals surface area (Å²) in [4.78, 5) is 2.79. The molecular formula is C15H30N2. The van der Waals surface area contributed by atoms with Crippen molar-refractivity contribution in [2.45, 2.75) is 64.8 Å². The molecule has 0 aromatic rings. The van der Waals surface area contributed by atoms with Crippen molar-refractivity contribution in [3.63, 3.8) is 0 Å². The highest BCUT2D eigenvalue weighted by Gasteiger charge is 2.37. The van der Waals surface area contributed by atoms with E-state index in [0.717, 1.165) is 12.6 Å². The number of hydrogen-bond acceptors (Lipinski definition) is 2. The Balaban J connectivity index is 1.92. The van der Waals surface area contributed by atoms with Gasteiger partial charge in [0.05, 0.1) is 0 Å². The second kappa shape index (κ2) is 6.19. The van der Waals surface area contributed by atoms with Gasteiger partial charge in [0.1, 0.15) is 0 Å². The first-order valence-electron chi connectivity index (χ1n) is 7.74. The summed E-state index contributed by atoms with van der Waals surface area (Å²) < 4.78 is 0. The molecule has 1 atom stereocenters. The lowest BCUT2D eigenvalue weighted by atomic mass is 9.85. The maximum atomic E-state index is 3.61. The third-order valence-corrected chi connectivity index (χ3v) is 4.92. The van der Waals surface area contributed by atoms with Crippen LogP contribution in [-0.2, 0) is 0 Å². The van der Waals surface area contributed by atoms with Gasteiger partial charge in [-0.2, -0.15) is 0 Å². The van der Waals surface area contributed by atoms with E-state index in [9.17, 15) is 0 Å². The Kier molecular flexibility index (Phi) is 4.87. The van der Waals surface area contributed by atoms with Crippen molar-refractivity contribution >= 4 is 0 Å². The predicted molar refractivity (Wildman–Crippen MR) is 74.3 cm³/mol. The Morgan fingerprint density at radius 1 is 1.18 bits per heavy atom. The summed E-state index contributed by atoms with van der Waals surface area (Å²) in [6.45, 7) is 9.67. The molecule has 17 heavy (non-hydrogen) atoms. The highest BCUT2D eigenvalue weighted by molar-refractivity contribution is 4.92. The van der Waals surface area contributed by atoms with Crippen molar-refractivity contribution in [3.8, 4) is 0 Å². The van der Waals surface area contributed by atoms with Crippen LogP contribution in [0.4, 0.5) is 0 Å².